The van der Waals surface area contributed by atoms with Crippen LogP contribution in [0.5, 0.6) is 0 Å². The lowest BCUT2D eigenvalue weighted by atomic mass is 10.0. The number of carbonyl (C=O) groups is 1. The van der Waals surface area contributed by atoms with Crippen LogP contribution in [0, 0.1) is 13.8 Å². The van der Waals surface area contributed by atoms with E-state index in [0.717, 1.165) is 16.9 Å². The van der Waals surface area contributed by atoms with Gasteiger partial charge in [0.15, 0.2) is 5.78 Å². The topological polar surface area (TPSA) is 17.1 Å². The molecule has 0 fully saturated rings. The maximum atomic E-state index is 11.6. The van der Waals surface area contributed by atoms with Gasteiger partial charge in [0.25, 0.3) is 0 Å². The largest absolute Gasteiger partial charge is 0.294 e. The van der Waals surface area contributed by atoms with Crippen LogP contribution in [0.2, 0.25) is 0 Å². The lowest BCUT2D eigenvalue weighted by Crippen LogP contribution is -2.10. The van der Waals surface area contributed by atoms with Gasteiger partial charge >= 0.3 is 0 Å². The van der Waals surface area contributed by atoms with E-state index in [9.17, 15) is 4.79 Å². The van der Waals surface area contributed by atoms with Crippen molar-refractivity contribution in [2.24, 2.45) is 0 Å². The summed E-state index contributed by atoms with van der Waals surface area (Å²) in [7, 11) is 0. The molecule has 2 heteroatoms. The fourth-order valence-electron chi connectivity index (χ4n) is 1.78. The van der Waals surface area contributed by atoms with Gasteiger partial charge in [0.05, 0.1) is 0 Å². The van der Waals surface area contributed by atoms with Crippen molar-refractivity contribution >= 4 is 17.5 Å². The van der Waals surface area contributed by atoms with E-state index in [1.807, 2.05) is 6.92 Å². The van der Waals surface area contributed by atoms with Crippen LogP contribution in [0.1, 0.15) is 27.9 Å². The molecular weight excluding hydrogens is 180 g/mol. The minimum atomic E-state index is 0.311. The second-order valence-electron chi connectivity index (χ2n) is 3.48. The predicted molar refractivity (Wildman–Crippen MR) is 55.6 cm³/mol. The summed E-state index contributed by atoms with van der Waals surface area (Å²) in [4.78, 5) is 12.8. The molecule has 0 radical (unpaired) electrons. The van der Waals surface area contributed by atoms with Crippen molar-refractivity contribution in [3.05, 3.63) is 28.8 Å². The first kappa shape index (κ1) is 8.82. The highest BCUT2D eigenvalue weighted by Crippen LogP contribution is 2.32. The summed E-state index contributed by atoms with van der Waals surface area (Å²) in [5.41, 5.74) is 3.34. The fraction of sp³-hybridized carbons (Fsp3) is 0.364. The van der Waals surface area contributed by atoms with Crippen LogP contribution < -0.4 is 0 Å². The molecule has 2 rings (SSSR count). The molecule has 0 bridgehead atoms. The van der Waals surface area contributed by atoms with Gasteiger partial charge in [-0.1, -0.05) is 6.07 Å². The number of ketones is 1. The molecule has 0 unspecified atom stereocenters. The van der Waals surface area contributed by atoms with E-state index >= 15 is 0 Å². The maximum absolute atomic E-state index is 11.6. The second-order valence-corrected chi connectivity index (χ2v) is 4.61. The molecule has 1 aromatic carbocycles. The number of Topliss-reactive ketones (excluding diaryl/α,β-unsaturated/α-hetero) is 1. The third kappa shape index (κ3) is 1.51. The average Bonchev–Trinajstić information content (AvgIpc) is 2.02. The van der Waals surface area contributed by atoms with Gasteiger partial charge < -0.3 is 0 Å². The Balaban J connectivity index is 2.63. The molecule has 0 aromatic heterocycles. The number of carbonyl (C=O) groups excluding carboxylic acids is 1. The molecule has 0 N–H and O–H groups in total. The van der Waals surface area contributed by atoms with Crippen LogP contribution in [0.4, 0.5) is 0 Å². The molecule has 0 saturated heterocycles. The molecule has 68 valence electrons. The van der Waals surface area contributed by atoms with Gasteiger partial charge in [0.1, 0.15) is 0 Å². The van der Waals surface area contributed by atoms with Crippen LogP contribution in [-0.2, 0) is 0 Å². The molecule has 13 heavy (non-hydrogen) atoms. The number of aryl methyl sites for hydroxylation is 2. The van der Waals surface area contributed by atoms with E-state index in [1.54, 1.807) is 11.8 Å². The van der Waals surface area contributed by atoms with Crippen molar-refractivity contribution in [3.8, 4) is 0 Å². The van der Waals surface area contributed by atoms with Crippen molar-refractivity contribution in [2.45, 2.75) is 25.2 Å². The first-order valence-electron chi connectivity index (χ1n) is 4.46. The van der Waals surface area contributed by atoms with Gasteiger partial charge in [-0.2, -0.15) is 0 Å². The van der Waals surface area contributed by atoms with E-state index in [-0.39, 0.29) is 0 Å². The highest BCUT2D eigenvalue weighted by Gasteiger charge is 2.19. The van der Waals surface area contributed by atoms with Gasteiger partial charge in [0.2, 0.25) is 0 Å². The van der Waals surface area contributed by atoms with Gasteiger partial charge in [-0.05, 0) is 31.0 Å². The van der Waals surface area contributed by atoms with Crippen molar-refractivity contribution in [1.82, 2.24) is 0 Å². The highest BCUT2D eigenvalue weighted by molar-refractivity contribution is 7.99. The monoisotopic (exact) mass is 192 g/mol. The van der Waals surface area contributed by atoms with Crippen molar-refractivity contribution in [2.75, 3.05) is 5.75 Å². The van der Waals surface area contributed by atoms with Crippen LogP contribution in [0.15, 0.2) is 17.0 Å². The lowest BCUT2D eigenvalue weighted by molar-refractivity contribution is 0.0984. The minimum absolute atomic E-state index is 0.311. The Kier molecular flexibility index (Phi) is 2.16. The zero-order valence-corrected chi connectivity index (χ0v) is 8.70. The Hall–Kier alpha value is -0.760. The summed E-state index contributed by atoms with van der Waals surface area (Å²) in [6, 6.07) is 4.20. The van der Waals surface area contributed by atoms with E-state index in [4.69, 9.17) is 0 Å². The fourth-order valence-corrected chi connectivity index (χ4v) is 2.97. The van der Waals surface area contributed by atoms with Crippen molar-refractivity contribution in [1.29, 1.82) is 0 Å². The maximum Gasteiger partial charge on any atom is 0.165 e. The second kappa shape index (κ2) is 3.18. The smallest absolute Gasteiger partial charge is 0.165 e. The SMILES string of the molecule is Cc1cc(C)c2c(c1)SCCC2=O. The van der Waals surface area contributed by atoms with E-state index in [0.29, 0.717) is 12.2 Å². The molecule has 0 spiro atoms. The minimum Gasteiger partial charge on any atom is -0.294 e. The predicted octanol–water partition coefficient (Wildman–Crippen LogP) is 2.98. The number of hydrogen-bond acceptors (Lipinski definition) is 2. The zero-order chi connectivity index (χ0) is 9.42. The number of rotatable bonds is 0. The van der Waals surface area contributed by atoms with Crippen LogP contribution in [0.25, 0.3) is 0 Å². The highest BCUT2D eigenvalue weighted by atomic mass is 32.2. The number of benzene rings is 1. The third-order valence-corrected chi connectivity index (χ3v) is 3.35. The normalized spacial score (nSPS) is 15.7. The Labute approximate surface area is 82.5 Å². The molecule has 1 nitrogen and oxygen atoms in total. The molecule has 1 heterocycles. The summed E-state index contributed by atoms with van der Waals surface area (Å²) >= 11 is 1.80. The Bertz CT molecular complexity index is 369. The first-order chi connectivity index (χ1) is 6.18. The number of fused-ring (bicyclic) bond motifs is 1. The molecule has 0 aliphatic carbocycles. The van der Waals surface area contributed by atoms with Crippen LogP contribution in [0.3, 0.4) is 0 Å². The summed E-state index contributed by atoms with van der Waals surface area (Å²) in [6.45, 7) is 4.10. The van der Waals surface area contributed by atoms with Crippen LogP contribution >= 0.6 is 11.8 Å². The third-order valence-electron chi connectivity index (χ3n) is 2.31. The summed E-state index contributed by atoms with van der Waals surface area (Å²) in [5, 5.41) is 0. The summed E-state index contributed by atoms with van der Waals surface area (Å²) in [6.07, 6.45) is 0.696. The molecular formula is C11H12OS. The summed E-state index contributed by atoms with van der Waals surface area (Å²) in [5.74, 6) is 1.25. The number of hydrogen-bond donors (Lipinski definition) is 0. The first-order valence-corrected chi connectivity index (χ1v) is 5.44. The molecule has 1 aliphatic heterocycles. The Morgan fingerprint density at radius 1 is 1.31 bits per heavy atom. The van der Waals surface area contributed by atoms with Crippen molar-refractivity contribution in [3.63, 3.8) is 0 Å². The number of thioether (sulfide) groups is 1. The van der Waals surface area contributed by atoms with Gasteiger partial charge in [-0.3, -0.25) is 4.79 Å². The van der Waals surface area contributed by atoms with Gasteiger partial charge in [0, 0.05) is 22.6 Å². The van der Waals surface area contributed by atoms with Crippen molar-refractivity contribution < 1.29 is 4.79 Å². The Morgan fingerprint density at radius 3 is 2.85 bits per heavy atom. The molecule has 1 aliphatic rings. The quantitative estimate of drug-likeness (QED) is 0.628. The lowest BCUT2D eigenvalue weighted by Gasteiger charge is -2.16. The van der Waals surface area contributed by atoms with E-state index < -0.39 is 0 Å². The van der Waals surface area contributed by atoms with Gasteiger partial charge in [-0.25, -0.2) is 0 Å². The standard InChI is InChI=1S/C11H12OS/c1-7-5-8(2)11-9(12)3-4-13-10(11)6-7/h5-6H,3-4H2,1-2H3. The summed E-state index contributed by atoms with van der Waals surface area (Å²) < 4.78 is 0. The molecule has 1 aromatic rings. The molecule has 0 amide bonds. The molecule has 0 atom stereocenters. The van der Waals surface area contributed by atoms with Crippen LogP contribution in [-0.4, -0.2) is 11.5 Å². The van der Waals surface area contributed by atoms with E-state index in [1.165, 1.54) is 10.5 Å². The van der Waals surface area contributed by atoms with Gasteiger partial charge in [-0.15, -0.1) is 11.8 Å². The Morgan fingerprint density at radius 2 is 2.08 bits per heavy atom. The van der Waals surface area contributed by atoms with E-state index in [2.05, 4.69) is 19.1 Å². The molecule has 0 saturated carbocycles. The average molecular weight is 192 g/mol. The zero-order valence-electron chi connectivity index (χ0n) is 7.89.